The van der Waals surface area contributed by atoms with Gasteiger partial charge in [0.2, 0.25) is 5.91 Å². The van der Waals surface area contributed by atoms with E-state index in [9.17, 15) is 27.6 Å². The minimum atomic E-state index is -4.42. The van der Waals surface area contributed by atoms with Gasteiger partial charge in [0.1, 0.15) is 6.54 Å². The van der Waals surface area contributed by atoms with Crippen LogP contribution in [-0.4, -0.2) is 15.0 Å². The normalized spacial score (nSPS) is 12.7. The maximum Gasteiger partial charge on any atom is 0.416 e. The summed E-state index contributed by atoms with van der Waals surface area (Å²) in [6, 6.07) is 5.06. The van der Waals surface area contributed by atoms with E-state index in [1.54, 1.807) is 6.92 Å². The average molecular weight is 355 g/mol. The number of carbonyl (C=O) groups is 1. The number of amides is 1. The summed E-state index contributed by atoms with van der Waals surface area (Å²) in [4.78, 5) is 35.2. The number of hydrogen-bond donors (Lipinski definition) is 1. The van der Waals surface area contributed by atoms with E-state index in [1.165, 1.54) is 25.4 Å². The molecule has 0 fully saturated rings. The number of hydrogen-bond acceptors (Lipinski definition) is 3. The van der Waals surface area contributed by atoms with Gasteiger partial charge in [-0.05, 0) is 24.6 Å². The van der Waals surface area contributed by atoms with Gasteiger partial charge in [0.05, 0.1) is 11.6 Å². The van der Waals surface area contributed by atoms with Crippen molar-refractivity contribution in [2.45, 2.75) is 25.7 Å². The summed E-state index contributed by atoms with van der Waals surface area (Å²) in [6.07, 6.45) is -3.21. The fraction of sp³-hybridized carbons (Fsp3) is 0.312. The first kappa shape index (κ1) is 18.5. The van der Waals surface area contributed by atoms with Crippen molar-refractivity contribution in [3.63, 3.8) is 0 Å². The molecule has 0 spiro atoms. The van der Waals surface area contributed by atoms with Crippen LogP contribution in [0, 0.1) is 0 Å². The van der Waals surface area contributed by atoms with Crippen LogP contribution >= 0.6 is 0 Å². The van der Waals surface area contributed by atoms with Crippen LogP contribution < -0.4 is 16.6 Å². The smallest absolute Gasteiger partial charge is 0.348 e. The topological polar surface area (TPSA) is 73.1 Å². The van der Waals surface area contributed by atoms with Crippen LogP contribution in [0.3, 0.4) is 0 Å². The quantitative estimate of drug-likeness (QED) is 0.902. The number of alkyl halides is 3. The Morgan fingerprint density at radius 3 is 2.32 bits per heavy atom. The lowest BCUT2D eigenvalue weighted by Gasteiger charge is -2.16. The van der Waals surface area contributed by atoms with Crippen molar-refractivity contribution in [2.24, 2.45) is 7.05 Å². The van der Waals surface area contributed by atoms with Crippen LogP contribution in [0.4, 0.5) is 13.2 Å². The number of nitrogens with one attached hydrogen (secondary N) is 1. The molecular weight excluding hydrogens is 339 g/mol. The molecule has 9 heteroatoms. The van der Waals surface area contributed by atoms with Gasteiger partial charge in [0, 0.05) is 19.3 Å². The van der Waals surface area contributed by atoms with Crippen LogP contribution in [0.25, 0.3) is 0 Å². The van der Waals surface area contributed by atoms with Crippen molar-refractivity contribution in [3.05, 3.63) is 68.5 Å². The molecule has 1 atom stereocenters. The summed E-state index contributed by atoms with van der Waals surface area (Å²) in [7, 11) is 1.30. The van der Waals surface area contributed by atoms with Crippen LogP contribution in [0.2, 0.25) is 0 Å². The fourth-order valence-electron chi connectivity index (χ4n) is 2.22. The Labute approximate surface area is 140 Å². The van der Waals surface area contributed by atoms with Crippen LogP contribution in [0.5, 0.6) is 0 Å². The number of halogens is 3. The van der Waals surface area contributed by atoms with E-state index in [-0.39, 0.29) is 6.54 Å². The van der Waals surface area contributed by atoms with E-state index in [0.717, 1.165) is 27.3 Å². The maximum atomic E-state index is 12.5. The molecule has 0 aliphatic heterocycles. The Morgan fingerprint density at radius 1 is 1.16 bits per heavy atom. The molecule has 0 aliphatic carbocycles. The zero-order chi connectivity index (χ0) is 18.8. The summed E-state index contributed by atoms with van der Waals surface area (Å²) >= 11 is 0. The van der Waals surface area contributed by atoms with Crippen molar-refractivity contribution >= 4 is 5.91 Å². The predicted octanol–water partition coefficient (Wildman–Crippen LogP) is 1.44. The third kappa shape index (κ3) is 4.37. The summed E-state index contributed by atoms with van der Waals surface area (Å²) in [5.74, 6) is -0.506. The van der Waals surface area contributed by atoms with E-state index >= 15 is 0 Å². The number of aromatic nitrogens is 2. The maximum absolute atomic E-state index is 12.5. The van der Waals surface area contributed by atoms with Gasteiger partial charge in [-0.25, -0.2) is 4.79 Å². The second-order valence-corrected chi connectivity index (χ2v) is 5.53. The molecule has 25 heavy (non-hydrogen) atoms. The molecule has 1 amide bonds. The highest BCUT2D eigenvalue weighted by molar-refractivity contribution is 5.76. The van der Waals surface area contributed by atoms with E-state index in [0.29, 0.717) is 5.56 Å². The van der Waals surface area contributed by atoms with Gasteiger partial charge in [-0.1, -0.05) is 12.1 Å². The number of carbonyl (C=O) groups excluding carboxylic acids is 1. The van der Waals surface area contributed by atoms with Gasteiger partial charge >= 0.3 is 11.9 Å². The summed E-state index contributed by atoms with van der Waals surface area (Å²) in [5.41, 5.74) is -1.40. The third-order valence-corrected chi connectivity index (χ3v) is 3.69. The van der Waals surface area contributed by atoms with Crippen molar-refractivity contribution in [1.29, 1.82) is 0 Å². The van der Waals surface area contributed by atoms with Gasteiger partial charge < -0.3 is 5.32 Å². The molecular formula is C16H16F3N3O3. The Hall–Kier alpha value is -2.84. The van der Waals surface area contributed by atoms with Crippen LogP contribution in [-0.2, 0) is 24.6 Å². The summed E-state index contributed by atoms with van der Waals surface area (Å²) in [6.45, 7) is 1.31. The molecule has 0 saturated carbocycles. The Bertz CT molecular complexity index is 882. The first-order valence-electron chi connectivity index (χ1n) is 7.32. The van der Waals surface area contributed by atoms with Gasteiger partial charge in [0.15, 0.2) is 0 Å². The molecule has 0 unspecified atom stereocenters. The molecule has 0 bridgehead atoms. The lowest BCUT2D eigenvalue weighted by Crippen LogP contribution is -2.40. The monoisotopic (exact) mass is 355 g/mol. The van der Waals surface area contributed by atoms with Crippen molar-refractivity contribution < 1.29 is 18.0 Å². The Kier molecular flexibility index (Phi) is 5.15. The summed E-state index contributed by atoms with van der Waals surface area (Å²) in [5, 5.41) is 2.60. The minimum absolute atomic E-state index is 0.308. The molecule has 0 radical (unpaired) electrons. The molecule has 1 heterocycles. The molecule has 2 aromatic rings. The van der Waals surface area contributed by atoms with Crippen LogP contribution in [0.1, 0.15) is 24.1 Å². The molecule has 0 aliphatic rings. The number of nitrogens with zero attached hydrogens (tertiary/aromatic N) is 2. The van der Waals surface area contributed by atoms with Gasteiger partial charge in [-0.3, -0.25) is 18.7 Å². The highest BCUT2D eigenvalue weighted by Crippen LogP contribution is 2.29. The van der Waals surface area contributed by atoms with E-state index in [1.807, 2.05) is 0 Å². The zero-order valence-corrected chi connectivity index (χ0v) is 13.5. The summed E-state index contributed by atoms with van der Waals surface area (Å²) < 4.78 is 39.6. The predicted molar refractivity (Wildman–Crippen MR) is 83.9 cm³/mol. The van der Waals surface area contributed by atoms with Crippen molar-refractivity contribution in [2.75, 3.05) is 0 Å². The second-order valence-electron chi connectivity index (χ2n) is 5.53. The van der Waals surface area contributed by atoms with Gasteiger partial charge in [-0.15, -0.1) is 0 Å². The molecule has 2 rings (SSSR count). The van der Waals surface area contributed by atoms with Crippen molar-refractivity contribution in [3.8, 4) is 0 Å². The molecule has 0 saturated heterocycles. The molecule has 1 N–H and O–H groups in total. The van der Waals surface area contributed by atoms with Gasteiger partial charge in [-0.2, -0.15) is 13.2 Å². The highest BCUT2D eigenvalue weighted by atomic mass is 19.4. The Morgan fingerprint density at radius 2 is 1.76 bits per heavy atom. The van der Waals surface area contributed by atoms with E-state index < -0.39 is 34.9 Å². The molecule has 6 nitrogen and oxygen atoms in total. The minimum Gasteiger partial charge on any atom is -0.348 e. The third-order valence-electron chi connectivity index (χ3n) is 3.69. The molecule has 134 valence electrons. The van der Waals surface area contributed by atoms with E-state index in [4.69, 9.17) is 0 Å². The Balaban J connectivity index is 2.07. The highest BCUT2D eigenvalue weighted by Gasteiger charge is 2.30. The largest absolute Gasteiger partial charge is 0.416 e. The SMILES string of the molecule is C[C@@H](NC(=O)Cn1ccc(=O)n(C)c1=O)c1ccc(C(F)(F)F)cc1. The lowest BCUT2D eigenvalue weighted by molar-refractivity contribution is -0.137. The molecule has 1 aromatic carbocycles. The standard InChI is InChI=1S/C16H16F3N3O3/c1-10(11-3-5-12(6-4-11)16(17,18)19)20-13(23)9-22-8-7-14(24)21(2)15(22)25/h3-8,10H,9H2,1-2H3,(H,20,23)/t10-/m1/s1. The fourth-order valence-corrected chi connectivity index (χ4v) is 2.22. The van der Waals surface area contributed by atoms with Gasteiger partial charge in [0.25, 0.3) is 5.56 Å². The molecule has 1 aromatic heterocycles. The first-order chi connectivity index (χ1) is 11.6. The lowest BCUT2D eigenvalue weighted by atomic mass is 10.1. The average Bonchev–Trinajstić information content (AvgIpc) is 2.54. The van der Waals surface area contributed by atoms with E-state index in [2.05, 4.69) is 5.32 Å². The first-order valence-corrected chi connectivity index (χ1v) is 7.32. The zero-order valence-electron chi connectivity index (χ0n) is 13.5. The van der Waals surface area contributed by atoms with Crippen molar-refractivity contribution in [1.82, 2.24) is 14.5 Å². The number of rotatable bonds is 4. The van der Waals surface area contributed by atoms with Crippen LogP contribution in [0.15, 0.2) is 46.1 Å². The second kappa shape index (κ2) is 6.96. The number of benzene rings is 1.